The predicted octanol–water partition coefficient (Wildman–Crippen LogP) is 3.58. The zero-order valence-electron chi connectivity index (χ0n) is 16.8. The van der Waals surface area contributed by atoms with Crippen molar-refractivity contribution < 1.29 is 4.79 Å². The van der Waals surface area contributed by atoms with Gasteiger partial charge in [0.15, 0.2) is 0 Å². The number of Topliss-reactive ketones (excluding diaryl/α,β-unsaturated/α-hetero) is 1. The quantitative estimate of drug-likeness (QED) is 0.395. The molecule has 0 radical (unpaired) electrons. The molecular formula is C26H26AsNO. The van der Waals surface area contributed by atoms with Crippen LogP contribution in [0, 0.1) is 11.3 Å². The van der Waals surface area contributed by atoms with E-state index < -0.39 is 13.1 Å². The molecule has 0 atom stereocenters. The number of ketones is 1. The van der Waals surface area contributed by atoms with Crippen LogP contribution >= 0.6 is 0 Å². The molecule has 0 aliphatic carbocycles. The third kappa shape index (κ3) is 4.31. The van der Waals surface area contributed by atoms with Crippen LogP contribution in [0.4, 0.5) is 0 Å². The van der Waals surface area contributed by atoms with Crippen molar-refractivity contribution in [2.75, 3.05) is 0 Å². The minimum absolute atomic E-state index is 0.00464. The number of nitriles is 1. The van der Waals surface area contributed by atoms with Crippen molar-refractivity contribution in [3.8, 4) is 6.07 Å². The second kappa shape index (κ2) is 10.1. The van der Waals surface area contributed by atoms with E-state index in [1.54, 1.807) is 0 Å². The average Bonchev–Trinajstić information content (AvgIpc) is 2.79. The van der Waals surface area contributed by atoms with Gasteiger partial charge in [0.25, 0.3) is 0 Å². The van der Waals surface area contributed by atoms with Gasteiger partial charge in [-0.15, -0.1) is 0 Å². The van der Waals surface area contributed by atoms with Gasteiger partial charge < -0.3 is 0 Å². The van der Waals surface area contributed by atoms with E-state index in [9.17, 15) is 10.1 Å². The van der Waals surface area contributed by atoms with E-state index in [4.69, 9.17) is 0 Å². The number of benzene rings is 3. The van der Waals surface area contributed by atoms with Crippen LogP contribution in [0.5, 0.6) is 0 Å². The van der Waals surface area contributed by atoms with E-state index in [2.05, 4.69) is 49.4 Å². The predicted molar refractivity (Wildman–Crippen MR) is 124 cm³/mol. The van der Waals surface area contributed by atoms with Gasteiger partial charge in [-0.25, -0.2) is 0 Å². The summed E-state index contributed by atoms with van der Waals surface area (Å²) in [6.45, 7) is 2.12. The van der Waals surface area contributed by atoms with Crippen LogP contribution in [0.25, 0.3) is 0 Å². The Morgan fingerprint density at radius 3 is 1.52 bits per heavy atom. The fourth-order valence-corrected chi connectivity index (χ4v) is 12.5. The monoisotopic (exact) mass is 443 g/mol. The first-order valence-corrected chi connectivity index (χ1v) is 13.9. The summed E-state index contributed by atoms with van der Waals surface area (Å²) in [7, 11) is 0. The first kappa shape index (κ1) is 21.0. The molecule has 3 aromatic rings. The summed E-state index contributed by atoms with van der Waals surface area (Å²) >= 11 is -3.46. The Kier molecular flexibility index (Phi) is 7.34. The van der Waals surface area contributed by atoms with E-state index in [1.165, 1.54) is 0 Å². The molecular weight excluding hydrogens is 417 g/mol. The molecule has 0 unspecified atom stereocenters. The third-order valence-corrected chi connectivity index (χ3v) is 14.0. The first-order chi connectivity index (χ1) is 14.2. The molecule has 0 bridgehead atoms. The van der Waals surface area contributed by atoms with Crippen molar-refractivity contribution in [3.63, 3.8) is 0 Å². The molecule has 0 fully saturated rings. The second-order valence-electron chi connectivity index (χ2n) is 7.02. The summed E-state index contributed by atoms with van der Waals surface area (Å²) in [4.78, 5) is 13.4. The van der Waals surface area contributed by atoms with Gasteiger partial charge in [0.05, 0.1) is 0 Å². The van der Waals surface area contributed by atoms with Gasteiger partial charge in [-0.2, -0.15) is 0 Å². The van der Waals surface area contributed by atoms with Crippen LogP contribution in [0.3, 0.4) is 0 Å². The van der Waals surface area contributed by atoms with Crippen molar-refractivity contribution in [3.05, 3.63) is 91.0 Å². The zero-order chi connectivity index (χ0) is 20.5. The minimum atomic E-state index is -3.46. The van der Waals surface area contributed by atoms with E-state index >= 15 is 0 Å². The standard InChI is InChI=1S/C26H26AsNO/c1-2-3-7-20-26(29)25(21-28)27(22-14-8-4-9-15-22,23-16-10-5-11-17-23)24-18-12-6-13-19-24/h4-6,8-19H,2-3,7,20H2,1H3. The van der Waals surface area contributed by atoms with Gasteiger partial charge in [0, 0.05) is 0 Å². The van der Waals surface area contributed by atoms with Gasteiger partial charge in [0.1, 0.15) is 0 Å². The summed E-state index contributed by atoms with van der Waals surface area (Å²) in [6.07, 6.45) is 3.32. The van der Waals surface area contributed by atoms with E-state index in [0.29, 0.717) is 10.7 Å². The molecule has 0 N–H and O–H groups in total. The number of carbonyl (C=O) groups excluding carboxylic acids is 1. The molecule has 29 heavy (non-hydrogen) atoms. The Hall–Kier alpha value is -2.75. The van der Waals surface area contributed by atoms with Crippen LogP contribution in [0.2, 0.25) is 0 Å². The molecule has 0 aromatic heterocycles. The van der Waals surface area contributed by atoms with Gasteiger partial charge in [-0.3, -0.25) is 0 Å². The van der Waals surface area contributed by atoms with E-state index in [0.717, 1.165) is 32.3 Å². The Balaban J connectivity index is 2.42. The van der Waals surface area contributed by atoms with E-state index in [-0.39, 0.29) is 5.78 Å². The molecule has 0 amide bonds. The summed E-state index contributed by atoms with van der Waals surface area (Å²) in [5.74, 6) is 0.00464. The number of unbranched alkanes of at least 4 members (excludes halogenated alkanes) is 2. The fraction of sp³-hybridized carbons (Fsp3) is 0.192. The number of rotatable bonds is 8. The molecule has 146 valence electrons. The topological polar surface area (TPSA) is 40.9 Å². The molecule has 0 saturated heterocycles. The molecule has 0 aliphatic rings. The SMILES string of the molecule is CCCCCC(=O)C(C#N)=[As](c1ccccc1)(c1ccccc1)c1ccccc1. The Morgan fingerprint density at radius 1 is 0.759 bits per heavy atom. The molecule has 3 rings (SSSR count). The molecule has 3 heteroatoms. The summed E-state index contributed by atoms with van der Waals surface area (Å²) in [6, 6.07) is 32.9. The first-order valence-electron chi connectivity index (χ1n) is 10.1. The van der Waals surface area contributed by atoms with Crippen molar-refractivity contribution in [2.24, 2.45) is 0 Å². The van der Waals surface area contributed by atoms with Crippen molar-refractivity contribution in [1.29, 1.82) is 5.26 Å². The zero-order valence-corrected chi connectivity index (χ0v) is 18.7. The molecule has 0 aliphatic heterocycles. The molecule has 3 aromatic carbocycles. The maximum absolute atomic E-state index is 13.4. The number of carbonyl (C=O) groups is 1. The summed E-state index contributed by atoms with van der Waals surface area (Å²) in [5, 5.41) is 10.3. The third-order valence-electron chi connectivity index (χ3n) is 5.14. The molecule has 2 nitrogen and oxygen atoms in total. The number of nitrogens with zero attached hydrogens (tertiary/aromatic N) is 1. The van der Waals surface area contributed by atoms with Crippen molar-refractivity contribution >= 4 is 36.2 Å². The normalized spacial score (nSPS) is 10.9. The summed E-state index contributed by atoms with van der Waals surface area (Å²) in [5.41, 5.74) is 0. The number of hydrogen-bond acceptors (Lipinski definition) is 2. The Labute approximate surface area is 175 Å². The molecule has 0 spiro atoms. The van der Waals surface area contributed by atoms with E-state index in [1.807, 2.05) is 54.6 Å². The van der Waals surface area contributed by atoms with Gasteiger partial charge >= 0.3 is 176 Å². The molecule has 0 saturated carbocycles. The Bertz CT molecular complexity index is 931. The van der Waals surface area contributed by atoms with Crippen LogP contribution < -0.4 is 13.1 Å². The van der Waals surface area contributed by atoms with Gasteiger partial charge in [0.2, 0.25) is 0 Å². The van der Waals surface area contributed by atoms with Crippen LogP contribution in [0.15, 0.2) is 91.0 Å². The average molecular weight is 443 g/mol. The number of hydrogen-bond donors (Lipinski definition) is 0. The van der Waals surface area contributed by atoms with Gasteiger partial charge in [-0.05, 0) is 0 Å². The maximum atomic E-state index is 13.4. The molecule has 0 heterocycles. The van der Waals surface area contributed by atoms with Crippen molar-refractivity contribution in [1.82, 2.24) is 0 Å². The van der Waals surface area contributed by atoms with Crippen LogP contribution in [-0.4, -0.2) is 23.2 Å². The fourth-order valence-electron chi connectivity index (χ4n) is 3.77. The summed E-state index contributed by atoms with van der Waals surface area (Å²) < 4.78 is 3.76. The second-order valence-corrected chi connectivity index (χ2v) is 14.0. The Morgan fingerprint density at radius 2 is 1.17 bits per heavy atom. The van der Waals surface area contributed by atoms with Crippen LogP contribution in [0.1, 0.15) is 32.6 Å². The van der Waals surface area contributed by atoms with Crippen molar-refractivity contribution in [2.45, 2.75) is 32.6 Å². The van der Waals surface area contributed by atoms with Gasteiger partial charge in [-0.1, -0.05) is 0 Å². The van der Waals surface area contributed by atoms with Crippen LogP contribution in [-0.2, 0) is 4.79 Å².